The Labute approximate surface area is 107 Å². The Kier molecular flexibility index (Phi) is 3.63. The Balaban J connectivity index is 2.01. The van der Waals surface area contributed by atoms with E-state index in [2.05, 4.69) is 16.1 Å². The molecule has 1 aromatic carbocycles. The fourth-order valence-electron chi connectivity index (χ4n) is 1.87. The first-order valence-corrected chi connectivity index (χ1v) is 5.89. The van der Waals surface area contributed by atoms with Crippen LogP contribution in [0, 0.1) is 11.3 Å². The highest BCUT2D eigenvalue weighted by molar-refractivity contribution is 5.50. The third-order valence-electron chi connectivity index (χ3n) is 3.04. The van der Waals surface area contributed by atoms with E-state index in [0.717, 1.165) is 18.7 Å². The second kappa shape index (κ2) is 5.37. The molecule has 4 heteroatoms. The van der Waals surface area contributed by atoms with Gasteiger partial charge in [0.1, 0.15) is 0 Å². The Hall–Kier alpha value is -2.28. The molecule has 0 spiro atoms. The van der Waals surface area contributed by atoms with Crippen molar-refractivity contribution in [3.05, 3.63) is 47.8 Å². The first-order chi connectivity index (χ1) is 8.70. The standard InChI is InChI=1S/C14H16N4/c1-17(9-7-13-6-8-16-18(13)2)14-5-3-4-12(10-14)11-15/h3-6,8,10H,7,9H2,1-2H3. The van der Waals surface area contributed by atoms with E-state index in [1.54, 1.807) is 0 Å². The van der Waals surface area contributed by atoms with Crippen LogP contribution in [0.5, 0.6) is 0 Å². The summed E-state index contributed by atoms with van der Waals surface area (Å²) in [5.74, 6) is 0. The molecule has 92 valence electrons. The largest absolute Gasteiger partial charge is 0.374 e. The molecular formula is C14H16N4. The van der Waals surface area contributed by atoms with E-state index >= 15 is 0 Å². The molecule has 0 saturated carbocycles. The SMILES string of the molecule is CN(CCc1ccnn1C)c1cccc(C#N)c1. The molecule has 0 amide bonds. The molecule has 1 heterocycles. The van der Waals surface area contributed by atoms with Gasteiger partial charge < -0.3 is 4.90 Å². The fraction of sp³-hybridized carbons (Fsp3) is 0.286. The Morgan fingerprint density at radius 3 is 2.89 bits per heavy atom. The maximum absolute atomic E-state index is 8.88. The number of likely N-dealkylation sites (N-methyl/N-ethyl adjacent to an activating group) is 1. The summed E-state index contributed by atoms with van der Waals surface area (Å²) in [6.45, 7) is 0.897. The number of rotatable bonds is 4. The van der Waals surface area contributed by atoms with Crippen molar-refractivity contribution in [3.8, 4) is 6.07 Å². The van der Waals surface area contributed by atoms with Crippen molar-refractivity contribution in [1.29, 1.82) is 5.26 Å². The third-order valence-corrected chi connectivity index (χ3v) is 3.04. The van der Waals surface area contributed by atoms with Gasteiger partial charge in [-0.1, -0.05) is 6.07 Å². The van der Waals surface area contributed by atoms with Crippen LogP contribution in [-0.4, -0.2) is 23.4 Å². The van der Waals surface area contributed by atoms with Crippen molar-refractivity contribution in [3.63, 3.8) is 0 Å². The van der Waals surface area contributed by atoms with Gasteiger partial charge in [-0.25, -0.2) is 0 Å². The van der Waals surface area contributed by atoms with E-state index in [9.17, 15) is 0 Å². The van der Waals surface area contributed by atoms with Gasteiger partial charge >= 0.3 is 0 Å². The number of anilines is 1. The van der Waals surface area contributed by atoms with Crippen molar-refractivity contribution in [2.45, 2.75) is 6.42 Å². The molecule has 0 N–H and O–H groups in total. The lowest BCUT2D eigenvalue weighted by molar-refractivity contribution is 0.699. The number of hydrogen-bond acceptors (Lipinski definition) is 3. The van der Waals surface area contributed by atoms with Gasteiger partial charge in [-0.3, -0.25) is 4.68 Å². The summed E-state index contributed by atoms with van der Waals surface area (Å²) in [5, 5.41) is 13.0. The smallest absolute Gasteiger partial charge is 0.0992 e. The number of nitriles is 1. The van der Waals surface area contributed by atoms with Crippen molar-refractivity contribution >= 4 is 5.69 Å². The highest BCUT2D eigenvalue weighted by Crippen LogP contribution is 2.14. The van der Waals surface area contributed by atoms with Crippen molar-refractivity contribution in [2.75, 3.05) is 18.5 Å². The quantitative estimate of drug-likeness (QED) is 0.820. The summed E-state index contributed by atoms with van der Waals surface area (Å²) in [7, 11) is 3.98. The number of hydrogen-bond donors (Lipinski definition) is 0. The van der Waals surface area contributed by atoms with Crippen LogP contribution in [-0.2, 0) is 13.5 Å². The molecular weight excluding hydrogens is 224 g/mol. The van der Waals surface area contributed by atoms with Crippen LogP contribution in [0.3, 0.4) is 0 Å². The van der Waals surface area contributed by atoms with Gasteiger partial charge in [0, 0.05) is 44.6 Å². The van der Waals surface area contributed by atoms with Gasteiger partial charge in [0.05, 0.1) is 11.6 Å². The van der Waals surface area contributed by atoms with Crippen LogP contribution < -0.4 is 4.90 Å². The van der Waals surface area contributed by atoms with Gasteiger partial charge in [0.2, 0.25) is 0 Å². The van der Waals surface area contributed by atoms with E-state index in [0.29, 0.717) is 5.56 Å². The predicted octanol–water partition coefficient (Wildman–Crippen LogP) is 1.97. The lowest BCUT2D eigenvalue weighted by Crippen LogP contribution is -2.21. The summed E-state index contributed by atoms with van der Waals surface area (Å²) >= 11 is 0. The van der Waals surface area contributed by atoms with Gasteiger partial charge in [-0.2, -0.15) is 10.4 Å². The van der Waals surface area contributed by atoms with Crippen LogP contribution in [0.1, 0.15) is 11.3 Å². The Morgan fingerprint density at radius 2 is 2.22 bits per heavy atom. The molecule has 0 aliphatic rings. The molecule has 18 heavy (non-hydrogen) atoms. The number of aryl methyl sites for hydroxylation is 1. The van der Waals surface area contributed by atoms with Crippen molar-refractivity contribution in [1.82, 2.24) is 9.78 Å². The molecule has 0 aliphatic heterocycles. The van der Waals surface area contributed by atoms with E-state index in [-0.39, 0.29) is 0 Å². The molecule has 0 aliphatic carbocycles. The number of nitrogens with zero attached hydrogens (tertiary/aromatic N) is 4. The second-order valence-corrected chi connectivity index (χ2v) is 4.28. The van der Waals surface area contributed by atoms with Crippen LogP contribution in [0.4, 0.5) is 5.69 Å². The number of aromatic nitrogens is 2. The maximum Gasteiger partial charge on any atom is 0.0992 e. The third kappa shape index (κ3) is 2.69. The highest BCUT2D eigenvalue weighted by Gasteiger charge is 2.04. The first kappa shape index (κ1) is 12.2. The normalized spacial score (nSPS) is 10.1. The van der Waals surface area contributed by atoms with Gasteiger partial charge in [0.25, 0.3) is 0 Å². The van der Waals surface area contributed by atoms with E-state index in [4.69, 9.17) is 5.26 Å². The van der Waals surface area contributed by atoms with E-state index < -0.39 is 0 Å². The fourth-order valence-corrected chi connectivity index (χ4v) is 1.87. The summed E-state index contributed by atoms with van der Waals surface area (Å²) in [4.78, 5) is 2.15. The molecule has 0 radical (unpaired) electrons. The topological polar surface area (TPSA) is 44.9 Å². The molecule has 0 bridgehead atoms. The summed E-state index contributed by atoms with van der Waals surface area (Å²) in [6.07, 6.45) is 2.75. The molecule has 0 atom stereocenters. The van der Waals surface area contributed by atoms with E-state index in [1.807, 2.05) is 55.3 Å². The average molecular weight is 240 g/mol. The summed E-state index contributed by atoms with van der Waals surface area (Å²) in [6, 6.07) is 11.8. The van der Waals surface area contributed by atoms with E-state index in [1.165, 1.54) is 5.69 Å². The monoisotopic (exact) mass is 240 g/mol. The molecule has 1 aromatic heterocycles. The van der Waals surface area contributed by atoms with Gasteiger partial charge in [0.15, 0.2) is 0 Å². The zero-order valence-corrected chi connectivity index (χ0v) is 10.7. The minimum absolute atomic E-state index is 0.694. The van der Waals surface area contributed by atoms with Crippen molar-refractivity contribution in [2.24, 2.45) is 7.05 Å². The minimum atomic E-state index is 0.694. The van der Waals surface area contributed by atoms with Gasteiger partial charge in [-0.05, 0) is 24.3 Å². The summed E-state index contributed by atoms with van der Waals surface area (Å²) < 4.78 is 1.89. The lowest BCUT2D eigenvalue weighted by atomic mass is 10.2. The minimum Gasteiger partial charge on any atom is -0.374 e. The molecule has 0 fully saturated rings. The molecule has 0 unspecified atom stereocenters. The molecule has 2 rings (SSSR count). The second-order valence-electron chi connectivity index (χ2n) is 4.28. The Morgan fingerprint density at radius 1 is 1.39 bits per heavy atom. The van der Waals surface area contributed by atoms with Crippen LogP contribution >= 0.6 is 0 Å². The summed E-state index contributed by atoms with van der Waals surface area (Å²) in [5.41, 5.74) is 2.97. The molecule has 2 aromatic rings. The van der Waals surface area contributed by atoms with Crippen molar-refractivity contribution < 1.29 is 0 Å². The number of benzene rings is 1. The van der Waals surface area contributed by atoms with Crippen LogP contribution in [0.25, 0.3) is 0 Å². The maximum atomic E-state index is 8.88. The molecule has 0 saturated heterocycles. The molecule has 4 nitrogen and oxygen atoms in total. The van der Waals surface area contributed by atoms with Crippen LogP contribution in [0.15, 0.2) is 36.5 Å². The first-order valence-electron chi connectivity index (χ1n) is 5.89. The zero-order chi connectivity index (χ0) is 13.0. The van der Waals surface area contributed by atoms with Crippen LogP contribution in [0.2, 0.25) is 0 Å². The predicted molar refractivity (Wildman–Crippen MR) is 71.3 cm³/mol. The lowest BCUT2D eigenvalue weighted by Gasteiger charge is -2.19. The highest BCUT2D eigenvalue weighted by atomic mass is 15.3. The average Bonchev–Trinajstić information content (AvgIpc) is 2.81. The zero-order valence-electron chi connectivity index (χ0n) is 10.7. The van der Waals surface area contributed by atoms with Gasteiger partial charge in [-0.15, -0.1) is 0 Å². The Bertz CT molecular complexity index is 565.